The van der Waals surface area contributed by atoms with Gasteiger partial charge in [-0.3, -0.25) is 4.90 Å². The molecule has 1 aliphatic carbocycles. The van der Waals surface area contributed by atoms with Gasteiger partial charge in [0.1, 0.15) is 0 Å². The van der Waals surface area contributed by atoms with Crippen molar-refractivity contribution in [3.63, 3.8) is 0 Å². The van der Waals surface area contributed by atoms with Crippen molar-refractivity contribution in [2.75, 3.05) is 26.8 Å². The normalized spacial score (nSPS) is 26.2. The molecule has 1 heterocycles. The van der Waals surface area contributed by atoms with Crippen molar-refractivity contribution < 1.29 is 4.74 Å². The highest BCUT2D eigenvalue weighted by Gasteiger charge is 2.30. The minimum atomic E-state index is 0.567. The van der Waals surface area contributed by atoms with Crippen molar-refractivity contribution in [3.8, 4) is 0 Å². The second kappa shape index (κ2) is 7.46. The van der Waals surface area contributed by atoms with Crippen LogP contribution in [0.5, 0.6) is 0 Å². The van der Waals surface area contributed by atoms with Gasteiger partial charge in [0.15, 0.2) is 0 Å². The van der Waals surface area contributed by atoms with E-state index in [0.717, 1.165) is 31.7 Å². The molecule has 0 bridgehead atoms. The van der Waals surface area contributed by atoms with Gasteiger partial charge in [0, 0.05) is 31.8 Å². The molecule has 0 spiro atoms. The van der Waals surface area contributed by atoms with Gasteiger partial charge < -0.3 is 10.5 Å². The van der Waals surface area contributed by atoms with Crippen LogP contribution in [0.15, 0.2) is 0 Å². The van der Waals surface area contributed by atoms with Gasteiger partial charge in [-0.15, -0.1) is 0 Å². The Hall–Kier alpha value is -0.120. The summed E-state index contributed by atoms with van der Waals surface area (Å²) in [5.41, 5.74) is 6.07. The summed E-state index contributed by atoms with van der Waals surface area (Å²) >= 11 is 0. The van der Waals surface area contributed by atoms with Crippen LogP contribution < -0.4 is 5.73 Å². The Balaban J connectivity index is 1.92. The van der Waals surface area contributed by atoms with E-state index >= 15 is 0 Å². The summed E-state index contributed by atoms with van der Waals surface area (Å²) in [7, 11) is 2.31. The molecule has 1 atom stereocenters. The number of hydrogen-bond acceptors (Lipinski definition) is 3. The summed E-state index contributed by atoms with van der Waals surface area (Å²) in [4.78, 5) is 2.61. The third-order valence-electron chi connectivity index (χ3n) is 4.98. The zero-order chi connectivity index (χ0) is 12.8. The smallest absolute Gasteiger partial charge is 0.0469 e. The van der Waals surface area contributed by atoms with E-state index in [1.54, 1.807) is 0 Å². The molecule has 1 saturated heterocycles. The minimum absolute atomic E-state index is 0.567. The lowest BCUT2D eigenvalue weighted by Gasteiger charge is -2.40. The van der Waals surface area contributed by atoms with Crippen molar-refractivity contribution >= 4 is 0 Å². The molecule has 2 rings (SSSR count). The SMILES string of the molecule is CN(C1CCCCCC1)C(CN)C1CCOCC1. The quantitative estimate of drug-likeness (QED) is 0.783. The average molecular weight is 254 g/mol. The van der Waals surface area contributed by atoms with E-state index in [9.17, 15) is 0 Å². The Kier molecular flexibility index (Phi) is 5.93. The lowest BCUT2D eigenvalue weighted by atomic mass is 9.89. The van der Waals surface area contributed by atoms with Crippen LogP contribution in [0.2, 0.25) is 0 Å². The van der Waals surface area contributed by atoms with Gasteiger partial charge in [0.25, 0.3) is 0 Å². The largest absolute Gasteiger partial charge is 0.381 e. The van der Waals surface area contributed by atoms with Gasteiger partial charge in [0.2, 0.25) is 0 Å². The maximum Gasteiger partial charge on any atom is 0.0469 e. The Bertz CT molecular complexity index is 221. The van der Waals surface area contributed by atoms with Crippen LogP contribution in [-0.4, -0.2) is 43.8 Å². The van der Waals surface area contributed by atoms with E-state index in [4.69, 9.17) is 10.5 Å². The van der Waals surface area contributed by atoms with Crippen LogP contribution in [0.25, 0.3) is 0 Å². The van der Waals surface area contributed by atoms with Crippen molar-refractivity contribution in [1.29, 1.82) is 0 Å². The summed E-state index contributed by atoms with van der Waals surface area (Å²) in [5, 5.41) is 0. The molecule has 1 unspecified atom stereocenters. The van der Waals surface area contributed by atoms with E-state index in [1.165, 1.54) is 51.4 Å². The number of rotatable bonds is 4. The third kappa shape index (κ3) is 3.69. The van der Waals surface area contributed by atoms with E-state index < -0.39 is 0 Å². The molecule has 2 N–H and O–H groups in total. The Morgan fingerprint density at radius 2 is 1.67 bits per heavy atom. The first kappa shape index (κ1) is 14.3. The summed E-state index contributed by atoms with van der Waals surface area (Å²) in [6.07, 6.45) is 10.8. The third-order valence-corrected chi connectivity index (χ3v) is 4.98. The predicted octanol–water partition coefficient (Wildman–Crippen LogP) is 2.39. The second-order valence-electron chi connectivity index (χ2n) is 6.06. The molecular weight excluding hydrogens is 224 g/mol. The molecular formula is C15H30N2O. The Labute approximate surface area is 112 Å². The average Bonchev–Trinajstić information content (AvgIpc) is 2.69. The van der Waals surface area contributed by atoms with E-state index in [2.05, 4.69) is 11.9 Å². The number of ether oxygens (including phenoxy) is 1. The zero-order valence-corrected chi connectivity index (χ0v) is 11.9. The second-order valence-corrected chi connectivity index (χ2v) is 6.06. The van der Waals surface area contributed by atoms with Crippen LogP contribution in [0.4, 0.5) is 0 Å². The van der Waals surface area contributed by atoms with Crippen LogP contribution in [0.3, 0.4) is 0 Å². The monoisotopic (exact) mass is 254 g/mol. The summed E-state index contributed by atoms with van der Waals surface area (Å²) < 4.78 is 5.48. The molecule has 0 aromatic carbocycles. The van der Waals surface area contributed by atoms with Gasteiger partial charge >= 0.3 is 0 Å². The molecule has 0 radical (unpaired) electrons. The Morgan fingerprint density at radius 1 is 1.06 bits per heavy atom. The highest BCUT2D eigenvalue weighted by Crippen LogP contribution is 2.27. The minimum Gasteiger partial charge on any atom is -0.381 e. The molecule has 0 amide bonds. The predicted molar refractivity (Wildman–Crippen MR) is 75.6 cm³/mol. The molecule has 106 valence electrons. The molecule has 0 aromatic rings. The lowest BCUT2D eigenvalue weighted by Crippen LogP contribution is -2.49. The number of likely N-dealkylation sites (N-methyl/N-ethyl adjacent to an activating group) is 1. The van der Waals surface area contributed by atoms with Gasteiger partial charge in [-0.2, -0.15) is 0 Å². The molecule has 3 heteroatoms. The first-order chi connectivity index (χ1) is 8.83. The van der Waals surface area contributed by atoms with Crippen LogP contribution >= 0.6 is 0 Å². The van der Waals surface area contributed by atoms with Crippen molar-refractivity contribution in [3.05, 3.63) is 0 Å². The van der Waals surface area contributed by atoms with Crippen LogP contribution in [0.1, 0.15) is 51.4 Å². The van der Waals surface area contributed by atoms with Gasteiger partial charge in [0.05, 0.1) is 0 Å². The molecule has 0 aromatic heterocycles. The van der Waals surface area contributed by atoms with E-state index in [1.807, 2.05) is 0 Å². The van der Waals surface area contributed by atoms with Gasteiger partial charge in [-0.25, -0.2) is 0 Å². The Morgan fingerprint density at radius 3 is 2.22 bits per heavy atom. The highest BCUT2D eigenvalue weighted by atomic mass is 16.5. The molecule has 2 fully saturated rings. The topological polar surface area (TPSA) is 38.5 Å². The first-order valence-electron chi connectivity index (χ1n) is 7.82. The summed E-state index contributed by atoms with van der Waals surface area (Å²) in [6, 6.07) is 1.33. The fourth-order valence-electron chi connectivity index (χ4n) is 3.73. The van der Waals surface area contributed by atoms with E-state index in [0.29, 0.717) is 6.04 Å². The van der Waals surface area contributed by atoms with Gasteiger partial charge in [-0.05, 0) is 38.6 Å². The molecule has 2 aliphatic rings. The number of hydrogen-bond donors (Lipinski definition) is 1. The van der Waals surface area contributed by atoms with Crippen molar-refractivity contribution in [2.45, 2.75) is 63.5 Å². The van der Waals surface area contributed by atoms with Gasteiger partial charge in [-0.1, -0.05) is 25.7 Å². The fourth-order valence-corrected chi connectivity index (χ4v) is 3.73. The molecule has 1 saturated carbocycles. The number of nitrogens with two attached hydrogens (primary N) is 1. The highest BCUT2D eigenvalue weighted by molar-refractivity contribution is 4.85. The molecule has 18 heavy (non-hydrogen) atoms. The van der Waals surface area contributed by atoms with Crippen LogP contribution in [-0.2, 0) is 4.74 Å². The zero-order valence-electron chi connectivity index (χ0n) is 11.9. The van der Waals surface area contributed by atoms with Crippen molar-refractivity contribution in [1.82, 2.24) is 4.90 Å². The fraction of sp³-hybridized carbons (Fsp3) is 1.00. The first-order valence-corrected chi connectivity index (χ1v) is 7.82. The summed E-state index contributed by atoms with van der Waals surface area (Å²) in [5.74, 6) is 0.747. The van der Waals surface area contributed by atoms with E-state index in [-0.39, 0.29) is 0 Å². The van der Waals surface area contributed by atoms with Crippen molar-refractivity contribution in [2.24, 2.45) is 11.7 Å². The summed E-state index contributed by atoms with van der Waals surface area (Å²) in [6.45, 7) is 2.66. The molecule has 3 nitrogen and oxygen atoms in total. The molecule has 1 aliphatic heterocycles. The van der Waals surface area contributed by atoms with Crippen LogP contribution in [0, 0.1) is 5.92 Å². The lowest BCUT2D eigenvalue weighted by molar-refractivity contribution is 0.0216. The standard InChI is InChI=1S/C15H30N2O/c1-17(14-6-4-2-3-5-7-14)15(12-16)13-8-10-18-11-9-13/h13-15H,2-12,16H2,1H3. The maximum absolute atomic E-state index is 6.07. The maximum atomic E-state index is 6.07. The number of nitrogens with zero attached hydrogens (tertiary/aromatic N) is 1.